The fraction of sp³-hybridized carbons (Fsp3) is 0.222. The fourth-order valence-corrected chi connectivity index (χ4v) is 1.08. The Balaban J connectivity index is 2.80. The minimum absolute atomic E-state index is 0.0610. The maximum absolute atomic E-state index is 12.7. The number of hydrogen-bond acceptors (Lipinski definition) is 2. The lowest BCUT2D eigenvalue weighted by Crippen LogP contribution is -2.20. The van der Waals surface area contributed by atoms with E-state index < -0.39 is 11.9 Å². The van der Waals surface area contributed by atoms with E-state index in [0.717, 1.165) is 0 Å². The summed E-state index contributed by atoms with van der Waals surface area (Å²) in [6, 6.07) is 3.84. The minimum atomic E-state index is -1.15. The summed E-state index contributed by atoms with van der Waals surface area (Å²) >= 11 is 0. The van der Waals surface area contributed by atoms with Gasteiger partial charge in [-0.3, -0.25) is 0 Å². The van der Waals surface area contributed by atoms with E-state index in [4.69, 9.17) is 10.2 Å². The largest absolute Gasteiger partial charge is 0.465 e. The molecule has 14 heavy (non-hydrogen) atoms. The molecule has 0 aliphatic rings. The number of carboxylic acid groups (broad SMARTS) is 1. The molecular weight excluding hydrogens is 189 g/mol. The summed E-state index contributed by atoms with van der Waals surface area (Å²) in [4.78, 5) is 10.2. The molecule has 1 aromatic carbocycles. The van der Waals surface area contributed by atoms with E-state index in [9.17, 15) is 9.18 Å². The molecule has 1 aromatic rings. The Morgan fingerprint density at radius 1 is 1.43 bits per heavy atom. The summed E-state index contributed by atoms with van der Waals surface area (Å²) in [6.07, 6.45) is -1.15. The zero-order valence-corrected chi connectivity index (χ0v) is 7.33. The van der Waals surface area contributed by atoms with Gasteiger partial charge < -0.3 is 15.5 Å². The summed E-state index contributed by atoms with van der Waals surface area (Å²) < 4.78 is 12.7. The van der Waals surface area contributed by atoms with Crippen LogP contribution in [0.5, 0.6) is 0 Å². The lowest BCUT2D eigenvalue weighted by molar-refractivity contribution is 0.193. The van der Waals surface area contributed by atoms with Gasteiger partial charge in [-0.05, 0) is 23.3 Å². The van der Waals surface area contributed by atoms with Crippen LogP contribution >= 0.6 is 0 Å². The van der Waals surface area contributed by atoms with Crippen LogP contribution in [0.1, 0.15) is 11.1 Å². The standard InChI is InChI=1S/C9H10FNO3/c10-8-2-1-6(4-11-9(13)14)7(3-8)5-12/h1-3,11-12H,4-5H2,(H,13,14). The third kappa shape index (κ3) is 2.70. The first kappa shape index (κ1) is 10.5. The summed E-state index contributed by atoms with van der Waals surface area (Å²) in [7, 11) is 0. The molecule has 3 N–H and O–H groups in total. The molecule has 0 spiro atoms. The highest BCUT2D eigenvalue weighted by Gasteiger charge is 2.04. The van der Waals surface area contributed by atoms with Gasteiger partial charge >= 0.3 is 6.09 Å². The normalized spacial score (nSPS) is 9.86. The number of benzene rings is 1. The van der Waals surface area contributed by atoms with Crippen LogP contribution in [0.15, 0.2) is 18.2 Å². The second-order valence-electron chi connectivity index (χ2n) is 2.73. The average Bonchev–Trinajstić information content (AvgIpc) is 2.15. The van der Waals surface area contributed by atoms with Crippen molar-refractivity contribution in [2.24, 2.45) is 0 Å². The van der Waals surface area contributed by atoms with Gasteiger partial charge in [-0.2, -0.15) is 0 Å². The molecule has 0 aromatic heterocycles. The number of aliphatic hydroxyl groups excluding tert-OH is 1. The monoisotopic (exact) mass is 199 g/mol. The maximum Gasteiger partial charge on any atom is 0.404 e. The van der Waals surface area contributed by atoms with Gasteiger partial charge in [-0.15, -0.1) is 0 Å². The molecule has 0 fully saturated rings. The van der Waals surface area contributed by atoms with Crippen molar-refractivity contribution in [3.63, 3.8) is 0 Å². The lowest BCUT2D eigenvalue weighted by Gasteiger charge is -2.06. The highest BCUT2D eigenvalue weighted by atomic mass is 19.1. The van der Waals surface area contributed by atoms with Crippen LogP contribution in [-0.2, 0) is 13.2 Å². The van der Waals surface area contributed by atoms with Crippen molar-refractivity contribution in [3.05, 3.63) is 35.1 Å². The number of aliphatic hydroxyl groups is 1. The maximum atomic E-state index is 12.7. The predicted molar refractivity (Wildman–Crippen MR) is 47.2 cm³/mol. The van der Waals surface area contributed by atoms with E-state index >= 15 is 0 Å². The topological polar surface area (TPSA) is 69.6 Å². The molecule has 0 saturated carbocycles. The van der Waals surface area contributed by atoms with E-state index in [2.05, 4.69) is 5.32 Å². The smallest absolute Gasteiger partial charge is 0.404 e. The molecule has 5 heteroatoms. The number of halogens is 1. The quantitative estimate of drug-likeness (QED) is 0.682. The number of rotatable bonds is 3. The van der Waals surface area contributed by atoms with Crippen LogP contribution in [0.2, 0.25) is 0 Å². The third-order valence-electron chi connectivity index (χ3n) is 1.77. The summed E-state index contributed by atoms with van der Waals surface area (Å²) in [5.41, 5.74) is 0.954. The Labute approximate surface area is 80.0 Å². The summed E-state index contributed by atoms with van der Waals surface area (Å²) in [6.45, 7) is -0.250. The van der Waals surface area contributed by atoms with E-state index in [-0.39, 0.29) is 13.2 Å². The van der Waals surface area contributed by atoms with Gasteiger partial charge in [0, 0.05) is 6.54 Å². The molecule has 0 radical (unpaired) electrons. The molecular formula is C9H10FNO3. The van der Waals surface area contributed by atoms with Gasteiger partial charge in [0.25, 0.3) is 0 Å². The Kier molecular flexibility index (Phi) is 3.41. The predicted octanol–water partition coefficient (Wildman–Crippen LogP) is 1.09. The van der Waals surface area contributed by atoms with Gasteiger partial charge in [0.05, 0.1) is 6.61 Å². The van der Waals surface area contributed by atoms with Crippen molar-refractivity contribution in [1.29, 1.82) is 0 Å². The molecule has 0 unspecified atom stereocenters. The van der Waals surface area contributed by atoms with E-state index in [1.54, 1.807) is 0 Å². The molecule has 1 amide bonds. The number of hydrogen-bond donors (Lipinski definition) is 3. The highest BCUT2D eigenvalue weighted by Crippen LogP contribution is 2.11. The van der Waals surface area contributed by atoms with Crippen molar-refractivity contribution in [2.45, 2.75) is 13.2 Å². The molecule has 0 saturated heterocycles. The van der Waals surface area contributed by atoms with Gasteiger partial charge in [-0.1, -0.05) is 6.07 Å². The SMILES string of the molecule is O=C(O)NCc1ccc(F)cc1CO. The highest BCUT2D eigenvalue weighted by molar-refractivity contribution is 5.64. The molecule has 0 heterocycles. The molecule has 76 valence electrons. The van der Waals surface area contributed by atoms with Crippen molar-refractivity contribution in [2.75, 3.05) is 0 Å². The van der Waals surface area contributed by atoms with E-state index in [1.807, 2.05) is 0 Å². The second-order valence-corrected chi connectivity index (χ2v) is 2.73. The average molecular weight is 199 g/mol. The molecule has 0 aliphatic carbocycles. The molecule has 0 atom stereocenters. The van der Waals surface area contributed by atoms with Crippen LogP contribution in [0.25, 0.3) is 0 Å². The lowest BCUT2D eigenvalue weighted by atomic mass is 10.1. The zero-order valence-electron chi connectivity index (χ0n) is 7.33. The Bertz CT molecular complexity index is 341. The fourth-order valence-electron chi connectivity index (χ4n) is 1.08. The number of nitrogens with one attached hydrogen (secondary N) is 1. The molecule has 1 rings (SSSR count). The molecule has 0 bridgehead atoms. The minimum Gasteiger partial charge on any atom is -0.465 e. The van der Waals surface area contributed by atoms with Crippen molar-refractivity contribution in [3.8, 4) is 0 Å². The van der Waals surface area contributed by atoms with Crippen molar-refractivity contribution < 1.29 is 19.4 Å². The zero-order chi connectivity index (χ0) is 10.6. The van der Waals surface area contributed by atoms with E-state index in [0.29, 0.717) is 11.1 Å². The Morgan fingerprint density at radius 3 is 2.71 bits per heavy atom. The first-order chi connectivity index (χ1) is 6.63. The van der Waals surface area contributed by atoms with Crippen LogP contribution in [-0.4, -0.2) is 16.3 Å². The van der Waals surface area contributed by atoms with Crippen LogP contribution in [0.4, 0.5) is 9.18 Å². The second kappa shape index (κ2) is 4.57. The molecule has 0 aliphatic heterocycles. The van der Waals surface area contributed by atoms with Gasteiger partial charge in [-0.25, -0.2) is 9.18 Å². The van der Waals surface area contributed by atoms with Gasteiger partial charge in [0.1, 0.15) is 5.82 Å². The van der Waals surface area contributed by atoms with Gasteiger partial charge in [0.2, 0.25) is 0 Å². The summed E-state index contributed by atoms with van der Waals surface area (Å²) in [5.74, 6) is -0.451. The van der Waals surface area contributed by atoms with Crippen molar-refractivity contribution in [1.82, 2.24) is 5.32 Å². The van der Waals surface area contributed by atoms with Crippen LogP contribution in [0.3, 0.4) is 0 Å². The third-order valence-corrected chi connectivity index (χ3v) is 1.77. The molecule has 4 nitrogen and oxygen atoms in total. The van der Waals surface area contributed by atoms with Gasteiger partial charge in [0.15, 0.2) is 0 Å². The summed E-state index contributed by atoms with van der Waals surface area (Å²) in [5, 5.41) is 19.4. The van der Waals surface area contributed by atoms with Crippen LogP contribution in [0, 0.1) is 5.82 Å². The van der Waals surface area contributed by atoms with Crippen LogP contribution < -0.4 is 5.32 Å². The van der Waals surface area contributed by atoms with E-state index in [1.165, 1.54) is 18.2 Å². The Hall–Kier alpha value is -1.62. The first-order valence-electron chi connectivity index (χ1n) is 3.98. The Morgan fingerprint density at radius 2 is 2.14 bits per heavy atom. The number of carbonyl (C=O) groups is 1. The van der Waals surface area contributed by atoms with Crippen molar-refractivity contribution >= 4 is 6.09 Å². The first-order valence-corrected chi connectivity index (χ1v) is 3.98. The number of amides is 1.